The Balaban J connectivity index is 0.000000807. The molecule has 9 heteroatoms. The number of hydrogen-bond donors (Lipinski definition) is 0. The normalized spacial score (nSPS) is 11.0. The first-order valence-corrected chi connectivity index (χ1v) is 13.8. The van der Waals surface area contributed by atoms with Crippen LogP contribution in [0.25, 0.3) is 0 Å². The Morgan fingerprint density at radius 2 is 0.867 bits per heavy atom. The van der Waals surface area contributed by atoms with Crippen molar-refractivity contribution in [2.75, 3.05) is 14.2 Å². The van der Waals surface area contributed by atoms with Crippen molar-refractivity contribution < 1.29 is 66.2 Å². The number of benzene rings is 4. The molecule has 0 atom stereocenters. The van der Waals surface area contributed by atoms with Gasteiger partial charge < -0.3 is 44.5 Å². The van der Waals surface area contributed by atoms with Crippen molar-refractivity contribution in [2.45, 2.75) is 52.4 Å². The van der Waals surface area contributed by atoms with Gasteiger partial charge in [-0.25, -0.2) is 0 Å². The summed E-state index contributed by atoms with van der Waals surface area (Å²) < 4.78 is 10.6. The predicted molar refractivity (Wildman–Crippen MR) is 170 cm³/mol. The average Bonchev–Trinajstić information content (AvgIpc) is 2.96. The van der Waals surface area contributed by atoms with Crippen molar-refractivity contribution in [3.8, 4) is 23.0 Å². The minimum Gasteiger partial charge on any atom is -1.00 e. The van der Waals surface area contributed by atoms with Gasteiger partial charge in [-0.1, -0.05) is 89.4 Å². The van der Waals surface area contributed by atoms with Crippen LogP contribution in [0, 0.1) is 0 Å². The topological polar surface area (TPSA) is 89.3 Å². The zero-order chi connectivity index (χ0) is 30.9. The van der Waals surface area contributed by atoms with Gasteiger partial charge in [-0.15, -0.1) is 0 Å². The molecule has 0 amide bonds. The third kappa shape index (κ3) is 12.2. The molecule has 0 unspecified atom stereocenters. The smallest absolute Gasteiger partial charge is 1.00 e. The molecular weight excluding hydrogens is 643 g/mol. The molecule has 4 rings (SSSR count). The van der Waals surface area contributed by atoms with E-state index in [1.807, 2.05) is 114 Å². The first-order chi connectivity index (χ1) is 19.8. The summed E-state index contributed by atoms with van der Waals surface area (Å²) in [5.41, 5.74) is 3.72. The van der Waals surface area contributed by atoms with Crippen LogP contribution in [0.1, 0.15) is 63.8 Å². The maximum absolute atomic E-state index is 12.6. The van der Waals surface area contributed by atoms with Crippen molar-refractivity contribution in [1.29, 1.82) is 0 Å². The predicted octanol–water partition coefficient (Wildman–Crippen LogP) is 1.64. The van der Waals surface area contributed by atoms with E-state index in [4.69, 9.17) is 9.47 Å². The fourth-order valence-corrected chi connectivity index (χ4v) is 4.11. The molecule has 0 bridgehead atoms. The van der Waals surface area contributed by atoms with Crippen LogP contribution in [0.15, 0.2) is 94.9 Å². The van der Waals surface area contributed by atoms with Gasteiger partial charge in [0.2, 0.25) is 0 Å². The Bertz CT molecular complexity index is 1420. The van der Waals surface area contributed by atoms with E-state index in [0.717, 1.165) is 22.5 Å². The van der Waals surface area contributed by atoms with Crippen LogP contribution < -0.4 is 44.5 Å². The molecule has 0 aliphatic heterocycles. The Morgan fingerprint density at radius 1 is 0.556 bits per heavy atom. The van der Waals surface area contributed by atoms with Crippen LogP contribution in [0.4, 0.5) is 11.4 Å². The SMILES string of the molecule is COc1cc(/C=N/c2ccccc2)c([O-])c(C(C)(C)C)c1.COc1cc(/C=N/c2ccccc2)c([O-])c(C(C)(C)C)c1.[Cl-].[Cl-].[Ti+4]. The van der Waals surface area contributed by atoms with Crippen molar-refractivity contribution in [3.63, 3.8) is 0 Å². The van der Waals surface area contributed by atoms with Gasteiger partial charge in [0.1, 0.15) is 11.5 Å². The number of ether oxygens (including phenoxy) is 2. The summed E-state index contributed by atoms with van der Waals surface area (Å²) in [6.07, 6.45) is 3.21. The maximum Gasteiger partial charge on any atom is 4.00 e. The molecule has 0 saturated carbocycles. The number of para-hydroxylation sites is 2. The van der Waals surface area contributed by atoms with Gasteiger partial charge in [0, 0.05) is 12.4 Å². The molecule has 236 valence electrons. The Morgan fingerprint density at radius 3 is 1.13 bits per heavy atom. The molecule has 0 spiro atoms. The second kappa shape index (κ2) is 18.6. The zero-order valence-corrected chi connectivity index (χ0v) is 30.1. The second-order valence-corrected chi connectivity index (χ2v) is 11.9. The van der Waals surface area contributed by atoms with Crippen molar-refractivity contribution >= 4 is 23.8 Å². The third-order valence-corrected chi connectivity index (χ3v) is 6.49. The van der Waals surface area contributed by atoms with Crippen molar-refractivity contribution in [1.82, 2.24) is 0 Å². The summed E-state index contributed by atoms with van der Waals surface area (Å²) in [5.74, 6) is 1.36. The van der Waals surface area contributed by atoms with E-state index < -0.39 is 0 Å². The van der Waals surface area contributed by atoms with Crippen LogP contribution >= 0.6 is 0 Å². The van der Waals surface area contributed by atoms with E-state index in [1.54, 1.807) is 38.8 Å². The molecule has 6 nitrogen and oxygen atoms in total. The molecule has 0 aromatic heterocycles. The molecule has 0 heterocycles. The minimum atomic E-state index is -0.235. The van der Waals surface area contributed by atoms with E-state index in [9.17, 15) is 10.2 Å². The monoisotopic (exact) mass is 682 g/mol. The Labute approximate surface area is 295 Å². The number of halogens is 2. The van der Waals surface area contributed by atoms with Gasteiger partial charge in [0.05, 0.1) is 25.6 Å². The zero-order valence-electron chi connectivity index (χ0n) is 27.0. The second-order valence-electron chi connectivity index (χ2n) is 11.9. The van der Waals surface area contributed by atoms with E-state index in [2.05, 4.69) is 9.98 Å². The summed E-state index contributed by atoms with van der Waals surface area (Å²) >= 11 is 0. The standard InChI is InChI=1S/2C18H21NO2.2ClH.Ti/c2*1-18(2,3)16-11-15(21-4)10-13(17(16)20)12-19-14-8-6-5-7-9-14;;;/h2*5-12,20H,1-4H3;2*1H;/q;;;;+4/p-4/b2*19-12+;;;. The number of aliphatic imine (C=N–C) groups is 2. The summed E-state index contributed by atoms with van der Waals surface area (Å²) in [5, 5.41) is 25.1. The van der Waals surface area contributed by atoms with Gasteiger partial charge >= 0.3 is 21.7 Å². The summed E-state index contributed by atoms with van der Waals surface area (Å²) in [6, 6.07) is 26.2. The van der Waals surface area contributed by atoms with Crippen LogP contribution in [0.5, 0.6) is 23.0 Å². The Hall–Kier alpha value is -3.29. The third-order valence-electron chi connectivity index (χ3n) is 6.49. The van der Waals surface area contributed by atoms with Crippen LogP contribution in [-0.2, 0) is 32.5 Å². The molecular formula is C36H40Cl2N2O4Ti. The van der Waals surface area contributed by atoms with Crippen LogP contribution in [0.3, 0.4) is 0 Å². The summed E-state index contributed by atoms with van der Waals surface area (Å²) in [7, 11) is 3.20. The van der Waals surface area contributed by atoms with Gasteiger partial charge in [-0.05, 0) is 81.6 Å². The minimum absolute atomic E-state index is 0. The number of hydrogen-bond acceptors (Lipinski definition) is 6. The van der Waals surface area contributed by atoms with Gasteiger partial charge in [-0.2, -0.15) is 0 Å². The van der Waals surface area contributed by atoms with E-state index in [0.29, 0.717) is 22.6 Å². The van der Waals surface area contributed by atoms with Crippen LogP contribution in [0.2, 0.25) is 0 Å². The number of nitrogens with zero attached hydrogens (tertiary/aromatic N) is 2. The largest absolute Gasteiger partial charge is 4.00 e. The first-order valence-electron chi connectivity index (χ1n) is 13.8. The van der Waals surface area contributed by atoms with E-state index in [1.165, 1.54) is 0 Å². The van der Waals surface area contributed by atoms with Gasteiger partial charge in [0.25, 0.3) is 0 Å². The fourth-order valence-electron chi connectivity index (χ4n) is 4.11. The fraction of sp³-hybridized carbons (Fsp3) is 0.278. The summed E-state index contributed by atoms with van der Waals surface area (Å²) in [4.78, 5) is 8.71. The van der Waals surface area contributed by atoms with Crippen molar-refractivity contribution in [3.05, 3.63) is 107 Å². The van der Waals surface area contributed by atoms with Crippen molar-refractivity contribution in [2.24, 2.45) is 9.98 Å². The maximum atomic E-state index is 12.6. The Kier molecular flexibility index (Phi) is 17.3. The van der Waals surface area contributed by atoms with Gasteiger partial charge in [-0.3, -0.25) is 9.98 Å². The molecule has 0 N–H and O–H groups in total. The molecule has 0 saturated heterocycles. The molecule has 4 aromatic carbocycles. The van der Waals surface area contributed by atoms with Gasteiger partial charge in [0.15, 0.2) is 0 Å². The van der Waals surface area contributed by atoms with Crippen LogP contribution in [-0.4, -0.2) is 26.6 Å². The first kappa shape index (κ1) is 41.7. The molecule has 0 aliphatic rings. The molecule has 45 heavy (non-hydrogen) atoms. The molecule has 4 aromatic rings. The quantitative estimate of drug-likeness (QED) is 0.229. The molecule has 0 fully saturated rings. The summed E-state index contributed by atoms with van der Waals surface area (Å²) in [6.45, 7) is 12.1. The number of rotatable bonds is 6. The molecule has 0 aliphatic carbocycles. The number of methoxy groups -OCH3 is 2. The van der Waals surface area contributed by atoms with E-state index >= 15 is 0 Å². The molecule has 0 radical (unpaired) electrons. The van der Waals surface area contributed by atoms with E-state index in [-0.39, 0.29) is 68.9 Å². The average molecular weight is 683 g/mol.